The lowest BCUT2D eigenvalue weighted by molar-refractivity contribution is -0.0902. The number of ether oxygens (including phenoxy) is 1. The van der Waals surface area contributed by atoms with Crippen molar-refractivity contribution in [1.82, 2.24) is 0 Å². The minimum atomic E-state index is 0.0482. The summed E-state index contributed by atoms with van der Waals surface area (Å²) in [5, 5.41) is 0. The molecule has 2 N–H and O–H groups in total. The lowest BCUT2D eigenvalue weighted by Crippen LogP contribution is -2.41. The van der Waals surface area contributed by atoms with Crippen molar-refractivity contribution in [3.8, 4) is 0 Å². The lowest BCUT2D eigenvalue weighted by Gasteiger charge is -2.40. The van der Waals surface area contributed by atoms with E-state index in [2.05, 4.69) is 45.0 Å². The number of hydrogen-bond donors (Lipinski definition) is 1. The van der Waals surface area contributed by atoms with Crippen LogP contribution in [0, 0.1) is 16.7 Å². The van der Waals surface area contributed by atoms with Gasteiger partial charge in [0, 0.05) is 6.42 Å². The van der Waals surface area contributed by atoms with E-state index < -0.39 is 0 Å². The fraction of sp³-hybridized carbons (Fsp3) is 0.684. The Morgan fingerprint density at radius 1 is 1.19 bits per heavy atom. The van der Waals surface area contributed by atoms with Crippen LogP contribution in [0.4, 0.5) is 0 Å². The Morgan fingerprint density at radius 2 is 1.95 bits per heavy atom. The van der Waals surface area contributed by atoms with Crippen molar-refractivity contribution in [1.29, 1.82) is 0 Å². The topological polar surface area (TPSA) is 35.2 Å². The molecule has 5 unspecified atom stereocenters. The number of fused-ring (bicyclic) bond motifs is 3. The highest BCUT2D eigenvalue weighted by atomic mass is 16.5. The quantitative estimate of drug-likeness (QED) is 0.896. The summed E-state index contributed by atoms with van der Waals surface area (Å²) >= 11 is 0. The SMILES string of the molecule is CC1(C)C2CCC1(C)C(OC1Cc3ccccc3C1N)C2. The molecule has 0 aromatic heterocycles. The third-order valence-electron chi connectivity index (χ3n) is 7.29. The minimum Gasteiger partial charge on any atom is -0.372 e. The Kier molecular flexibility index (Phi) is 2.84. The van der Waals surface area contributed by atoms with Crippen LogP contribution in [0.2, 0.25) is 0 Å². The van der Waals surface area contributed by atoms with Crippen molar-refractivity contribution in [2.45, 2.75) is 64.7 Å². The van der Waals surface area contributed by atoms with E-state index in [1.165, 1.54) is 30.4 Å². The van der Waals surface area contributed by atoms with Crippen LogP contribution < -0.4 is 5.73 Å². The predicted octanol–water partition coefficient (Wildman–Crippen LogP) is 3.84. The first-order valence-electron chi connectivity index (χ1n) is 8.42. The number of nitrogens with two attached hydrogens (primary N) is 1. The van der Waals surface area contributed by atoms with E-state index in [0.717, 1.165) is 12.3 Å². The first kappa shape index (κ1) is 13.8. The van der Waals surface area contributed by atoms with E-state index in [1.54, 1.807) is 0 Å². The third-order valence-corrected chi connectivity index (χ3v) is 7.29. The Hall–Kier alpha value is -0.860. The molecule has 5 atom stereocenters. The van der Waals surface area contributed by atoms with Gasteiger partial charge in [0.2, 0.25) is 0 Å². The van der Waals surface area contributed by atoms with Gasteiger partial charge in [-0.2, -0.15) is 0 Å². The minimum absolute atomic E-state index is 0.0482. The zero-order valence-corrected chi connectivity index (χ0v) is 13.4. The highest BCUT2D eigenvalue weighted by Crippen LogP contribution is 2.66. The summed E-state index contributed by atoms with van der Waals surface area (Å²) in [6.07, 6.45) is 5.44. The van der Waals surface area contributed by atoms with Gasteiger partial charge in [0.05, 0.1) is 18.2 Å². The molecule has 3 aliphatic carbocycles. The monoisotopic (exact) mass is 285 g/mol. The zero-order chi connectivity index (χ0) is 14.8. The Morgan fingerprint density at radius 3 is 2.57 bits per heavy atom. The van der Waals surface area contributed by atoms with Gasteiger partial charge in [0.1, 0.15) is 0 Å². The van der Waals surface area contributed by atoms with Crippen molar-refractivity contribution >= 4 is 0 Å². The summed E-state index contributed by atoms with van der Waals surface area (Å²) in [6.45, 7) is 7.33. The standard InChI is InChI=1S/C19H27NO/c1-18(2)13-8-9-19(18,3)16(11-13)21-15-10-12-6-4-5-7-14(12)17(15)20/h4-7,13,15-17H,8-11,20H2,1-3H3. The zero-order valence-electron chi connectivity index (χ0n) is 13.4. The maximum atomic E-state index is 6.61. The van der Waals surface area contributed by atoms with Crippen LogP contribution in [-0.2, 0) is 11.2 Å². The molecular formula is C19H27NO. The summed E-state index contributed by atoms with van der Waals surface area (Å²) < 4.78 is 6.61. The fourth-order valence-electron chi connectivity index (χ4n) is 5.27. The van der Waals surface area contributed by atoms with Gasteiger partial charge in [-0.25, -0.2) is 0 Å². The summed E-state index contributed by atoms with van der Waals surface area (Å²) in [5.41, 5.74) is 9.85. The molecule has 0 spiro atoms. The van der Waals surface area contributed by atoms with E-state index in [1.807, 2.05) is 0 Å². The van der Waals surface area contributed by atoms with E-state index in [0.29, 0.717) is 16.9 Å². The van der Waals surface area contributed by atoms with Gasteiger partial charge in [-0.15, -0.1) is 0 Å². The van der Waals surface area contributed by atoms with Crippen LogP contribution in [0.1, 0.15) is 57.2 Å². The second kappa shape index (κ2) is 4.33. The van der Waals surface area contributed by atoms with Crippen LogP contribution >= 0.6 is 0 Å². The Labute approximate surface area is 128 Å². The van der Waals surface area contributed by atoms with Crippen molar-refractivity contribution < 1.29 is 4.74 Å². The van der Waals surface area contributed by atoms with E-state index in [-0.39, 0.29) is 12.1 Å². The number of rotatable bonds is 2. The highest BCUT2D eigenvalue weighted by molar-refractivity contribution is 5.36. The van der Waals surface area contributed by atoms with Gasteiger partial charge >= 0.3 is 0 Å². The third kappa shape index (κ3) is 1.72. The summed E-state index contributed by atoms with van der Waals surface area (Å²) in [7, 11) is 0. The van der Waals surface area contributed by atoms with Crippen molar-refractivity contribution in [3.63, 3.8) is 0 Å². The van der Waals surface area contributed by atoms with Crippen molar-refractivity contribution in [2.24, 2.45) is 22.5 Å². The summed E-state index contributed by atoms with van der Waals surface area (Å²) in [6, 6.07) is 8.60. The predicted molar refractivity (Wildman–Crippen MR) is 85.0 cm³/mol. The molecule has 0 saturated heterocycles. The molecule has 3 aliphatic rings. The molecule has 2 heteroatoms. The average molecular weight is 285 g/mol. The normalized spacial score (nSPS) is 43.2. The molecule has 4 rings (SSSR count). The molecule has 21 heavy (non-hydrogen) atoms. The maximum Gasteiger partial charge on any atom is 0.0812 e. The first-order chi connectivity index (χ1) is 9.93. The first-order valence-corrected chi connectivity index (χ1v) is 8.42. The van der Waals surface area contributed by atoms with E-state index in [9.17, 15) is 0 Å². The van der Waals surface area contributed by atoms with Gasteiger partial charge in [-0.05, 0) is 47.1 Å². The summed E-state index contributed by atoms with van der Waals surface area (Å²) in [5.74, 6) is 0.826. The van der Waals surface area contributed by atoms with Crippen molar-refractivity contribution in [2.75, 3.05) is 0 Å². The molecule has 0 heterocycles. The van der Waals surface area contributed by atoms with Crippen LogP contribution in [0.25, 0.3) is 0 Å². The molecule has 2 nitrogen and oxygen atoms in total. The Bertz CT molecular complexity index is 566. The molecule has 0 aliphatic heterocycles. The number of hydrogen-bond acceptors (Lipinski definition) is 2. The largest absolute Gasteiger partial charge is 0.372 e. The molecule has 2 bridgehead atoms. The average Bonchev–Trinajstić information content (AvgIpc) is 2.95. The molecule has 2 saturated carbocycles. The smallest absolute Gasteiger partial charge is 0.0812 e. The Balaban J connectivity index is 1.54. The second-order valence-corrected chi connectivity index (χ2v) is 8.20. The molecule has 114 valence electrons. The van der Waals surface area contributed by atoms with Crippen LogP contribution in [-0.4, -0.2) is 12.2 Å². The van der Waals surface area contributed by atoms with Gasteiger partial charge in [0.15, 0.2) is 0 Å². The van der Waals surface area contributed by atoms with Crippen LogP contribution in [0.15, 0.2) is 24.3 Å². The second-order valence-electron chi connectivity index (χ2n) is 8.20. The van der Waals surface area contributed by atoms with Gasteiger partial charge < -0.3 is 10.5 Å². The van der Waals surface area contributed by atoms with Gasteiger partial charge in [0.25, 0.3) is 0 Å². The lowest BCUT2D eigenvalue weighted by atomic mass is 9.70. The molecule has 1 aromatic carbocycles. The van der Waals surface area contributed by atoms with Crippen molar-refractivity contribution in [3.05, 3.63) is 35.4 Å². The van der Waals surface area contributed by atoms with E-state index >= 15 is 0 Å². The van der Waals surface area contributed by atoms with Gasteiger partial charge in [-0.1, -0.05) is 45.0 Å². The fourth-order valence-corrected chi connectivity index (χ4v) is 5.27. The molecule has 2 fully saturated rings. The highest BCUT2D eigenvalue weighted by Gasteiger charge is 2.62. The molecular weight excluding hydrogens is 258 g/mol. The number of benzene rings is 1. The van der Waals surface area contributed by atoms with Crippen LogP contribution in [0.5, 0.6) is 0 Å². The summed E-state index contributed by atoms with van der Waals surface area (Å²) in [4.78, 5) is 0. The van der Waals surface area contributed by atoms with Gasteiger partial charge in [-0.3, -0.25) is 0 Å². The molecule has 0 radical (unpaired) electrons. The van der Waals surface area contributed by atoms with E-state index in [4.69, 9.17) is 10.5 Å². The molecule has 1 aromatic rings. The van der Waals surface area contributed by atoms with Crippen LogP contribution in [0.3, 0.4) is 0 Å². The maximum absolute atomic E-state index is 6.61. The molecule has 0 amide bonds.